The predicted molar refractivity (Wildman–Crippen MR) is 69.0 cm³/mol. The predicted octanol–water partition coefficient (Wildman–Crippen LogP) is 1.68. The fraction of sp³-hybridized carbons (Fsp3) is 0.833. The molecule has 0 bridgehead atoms. The summed E-state index contributed by atoms with van der Waals surface area (Å²) in [6.07, 6.45) is 1.96. The van der Waals surface area contributed by atoms with Crippen molar-refractivity contribution < 1.29 is 14.3 Å². The van der Waals surface area contributed by atoms with Crippen LogP contribution in [0.5, 0.6) is 0 Å². The van der Waals surface area contributed by atoms with Crippen LogP contribution in [0.25, 0.3) is 0 Å². The first-order chi connectivity index (χ1) is 7.90. The summed E-state index contributed by atoms with van der Waals surface area (Å²) in [6.45, 7) is 5.86. The number of nitrogens with zero attached hydrogens (tertiary/aromatic N) is 1. The van der Waals surface area contributed by atoms with Gasteiger partial charge in [-0.1, -0.05) is 0 Å². The minimum atomic E-state index is -0.363. The summed E-state index contributed by atoms with van der Waals surface area (Å²) >= 11 is 1.69. The highest BCUT2D eigenvalue weighted by Gasteiger charge is 2.41. The van der Waals surface area contributed by atoms with Crippen LogP contribution in [0.3, 0.4) is 0 Å². The summed E-state index contributed by atoms with van der Waals surface area (Å²) in [4.78, 5) is 25.4. The quantitative estimate of drug-likeness (QED) is 0.721. The molecule has 0 aromatic heterocycles. The largest absolute Gasteiger partial charge is 0.468 e. The molecule has 1 aliphatic heterocycles. The first-order valence-electron chi connectivity index (χ1n) is 5.92. The van der Waals surface area contributed by atoms with Crippen LogP contribution < -0.4 is 0 Å². The first-order valence-corrected chi connectivity index (χ1v) is 6.91. The average Bonchev–Trinajstić information content (AvgIpc) is 2.72. The Morgan fingerprint density at radius 3 is 2.53 bits per heavy atom. The molecule has 5 heteroatoms. The molecule has 0 N–H and O–H groups in total. The highest BCUT2D eigenvalue weighted by molar-refractivity contribution is 8.01. The van der Waals surface area contributed by atoms with Gasteiger partial charge in [-0.25, -0.2) is 0 Å². The van der Waals surface area contributed by atoms with Crippen molar-refractivity contribution in [1.29, 1.82) is 0 Å². The Bertz CT molecular complexity index is 298. The summed E-state index contributed by atoms with van der Waals surface area (Å²) in [5.41, 5.74) is 0. The third kappa shape index (κ3) is 3.37. The van der Waals surface area contributed by atoms with Gasteiger partial charge in [0.2, 0.25) is 5.91 Å². The van der Waals surface area contributed by atoms with E-state index in [0.29, 0.717) is 0 Å². The standard InChI is InChI=1S/C12H21NO3S/c1-9(2)13(8-10(14)16-4)11(15)12(3)6-5-7-17-12/h9H,5-8H2,1-4H3. The lowest BCUT2D eigenvalue weighted by Crippen LogP contribution is -2.49. The van der Waals surface area contributed by atoms with Crippen molar-refractivity contribution in [1.82, 2.24) is 4.90 Å². The Morgan fingerprint density at radius 2 is 2.12 bits per heavy atom. The van der Waals surface area contributed by atoms with Gasteiger partial charge in [0.05, 0.1) is 11.9 Å². The van der Waals surface area contributed by atoms with E-state index in [9.17, 15) is 9.59 Å². The van der Waals surface area contributed by atoms with E-state index in [2.05, 4.69) is 4.74 Å². The first kappa shape index (κ1) is 14.4. The Hall–Kier alpha value is -0.710. The molecule has 4 nitrogen and oxygen atoms in total. The van der Waals surface area contributed by atoms with Crippen LogP contribution in [0.2, 0.25) is 0 Å². The lowest BCUT2D eigenvalue weighted by atomic mass is 10.0. The summed E-state index contributed by atoms with van der Waals surface area (Å²) in [6, 6.07) is 0.0135. The molecule has 1 unspecified atom stereocenters. The van der Waals surface area contributed by atoms with Crippen molar-refractivity contribution in [2.45, 2.75) is 44.4 Å². The molecule has 0 saturated carbocycles. The van der Waals surface area contributed by atoms with Gasteiger partial charge in [0.25, 0.3) is 0 Å². The summed E-state index contributed by atoms with van der Waals surface area (Å²) < 4.78 is 4.27. The van der Waals surface area contributed by atoms with Crippen molar-refractivity contribution in [3.63, 3.8) is 0 Å². The number of esters is 1. The molecule has 0 aromatic carbocycles. The topological polar surface area (TPSA) is 46.6 Å². The number of ether oxygens (including phenoxy) is 1. The second-order valence-electron chi connectivity index (χ2n) is 4.79. The molecule has 1 saturated heterocycles. The maximum atomic E-state index is 12.5. The zero-order valence-electron chi connectivity index (χ0n) is 11.0. The maximum absolute atomic E-state index is 12.5. The number of rotatable bonds is 4. The number of carbonyl (C=O) groups excluding carboxylic acids is 2. The van der Waals surface area contributed by atoms with E-state index in [0.717, 1.165) is 18.6 Å². The average molecular weight is 259 g/mol. The molecule has 1 atom stereocenters. The highest BCUT2D eigenvalue weighted by Crippen LogP contribution is 2.39. The van der Waals surface area contributed by atoms with Gasteiger partial charge in [0, 0.05) is 6.04 Å². The monoisotopic (exact) mass is 259 g/mol. The molecular formula is C12H21NO3S. The third-order valence-electron chi connectivity index (χ3n) is 3.08. The van der Waals surface area contributed by atoms with Crippen LogP contribution in [-0.4, -0.2) is 47.0 Å². The van der Waals surface area contributed by atoms with E-state index in [-0.39, 0.29) is 29.2 Å². The van der Waals surface area contributed by atoms with Crippen molar-refractivity contribution in [3.05, 3.63) is 0 Å². The van der Waals surface area contributed by atoms with E-state index in [1.807, 2.05) is 20.8 Å². The van der Waals surface area contributed by atoms with Crippen LogP contribution in [0.4, 0.5) is 0 Å². The molecule has 1 rings (SSSR count). The molecule has 17 heavy (non-hydrogen) atoms. The number of thioether (sulfide) groups is 1. The SMILES string of the molecule is COC(=O)CN(C(=O)C1(C)CCCS1)C(C)C. The Kier molecular flexibility index (Phi) is 4.86. The van der Waals surface area contributed by atoms with Crippen molar-refractivity contribution in [2.24, 2.45) is 0 Å². The lowest BCUT2D eigenvalue weighted by Gasteiger charge is -2.33. The van der Waals surface area contributed by atoms with Crippen LogP contribution >= 0.6 is 11.8 Å². The zero-order chi connectivity index (χ0) is 13.1. The number of hydrogen-bond donors (Lipinski definition) is 0. The second kappa shape index (κ2) is 5.76. The van der Waals surface area contributed by atoms with E-state index in [4.69, 9.17) is 0 Å². The molecule has 98 valence electrons. The second-order valence-corrected chi connectivity index (χ2v) is 6.38. The molecule has 1 heterocycles. The number of carbonyl (C=O) groups is 2. The van der Waals surface area contributed by atoms with Crippen LogP contribution in [0.15, 0.2) is 0 Å². The maximum Gasteiger partial charge on any atom is 0.325 e. The Balaban J connectivity index is 2.76. The third-order valence-corrected chi connectivity index (χ3v) is 4.59. The van der Waals surface area contributed by atoms with E-state index in [1.54, 1.807) is 16.7 Å². The van der Waals surface area contributed by atoms with Crippen molar-refractivity contribution >= 4 is 23.6 Å². The summed E-state index contributed by atoms with van der Waals surface area (Å²) in [7, 11) is 1.34. The summed E-state index contributed by atoms with van der Waals surface area (Å²) in [5, 5.41) is 0. The van der Waals surface area contributed by atoms with Crippen molar-refractivity contribution in [3.8, 4) is 0 Å². The number of amides is 1. The highest BCUT2D eigenvalue weighted by atomic mass is 32.2. The minimum absolute atomic E-state index is 0.0135. The van der Waals surface area contributed by atoms with E-state index < -0.39 is 0 Å². The van der Waals surface area contributed by atoms with Gasteiger partial charge >= 0.3 is 5.97 Å². The molecule has 1 aliphatic rings. The van der Waals surface area contributed by atoms with Gasteiger partial charge in [-0.2, -0.15) is 0 Å². The molecular weight excluding hydrogens is 238 g/mol. The fourth-order valence-corrected chi connectivity index (χ4v) is 3.21. The fourth-order valence-electron chi connectivity index (χ4n) is 1.94. The zero-order valence-corrected chi connectivity index (χ0v) is 11.8. The van der Waals surface area contributed by atoms with Gasteiger partial charge in [-0.15, -0.1) is 11.8 Å². The molecule has 0 spiro atoms. The Morgan fingerprint density at radius 1 is 1.47 bits per heavy atom. The molecule has 1 fully saturated rings. The van der Waals surface area contributed by atoms with Crippen LogP contribution in [0.1, 0.15) is 33.6 Å². The van der Waals surface area contributed by atoms with Gasteiger partial charge in [-0.3, -0.25) is 9.59 Å². The molecule has 0 aromatic rings. The van der Waals surface area contributed by atoms with E-state index >= 15 is 0 Å². The Labute approximate surface area is 107 Å². The lowest BCUT2D eigenvalue weighted by molar-refractivity contribution is -0.149. The smallest absolute Gasteiger partial charge is 0.325 e. The number of hydrogen-bond acceptors (Lipinski definition) is 4. The van der Waals surface area contributed by atoms with Crippen LogP contribution in [0, 0.1) is 0 Å². The number of methoxy groups -OCH3 is 1. The summed E-state index contributed by atoms with van der Waals surface area (Å²) in [5.74, 6) is 0.714. The van der Waals surface area contributed by atoms with Gasteiger partial charge in [-0.05, 0) is 39.4 Å². The van der Waals surface area contributed by atoms with Gasteiger partial charge < -0.3 is 9.64 Å². The van der Waals surface area contributed by atoms with Crippen LogP contribution in [-0.2, 0) is 14.3 Å². The van der Waals surface area contributed by atoms with Crippen molar-refractivity contribution in [2.75, 3.05) is 19.4 Å². The molecule has 0 aliphatic carbocycles. The minimum Gasteiger partial charge on any atom is -0.468 e. The van der Waals surface area contributed by atoms with E-state index in [1.165, 1.54) is 7.11 Å². The normalized spacial score (nSPS) is 23.8. The molecule has 0 radical (unpaired) electrons. The van der Waals surface area contributed by atoms with Gasteiger partial charge in [0.1, 0.15) is 6.54 Å². The van der Waals surface area contributed by atoms with Gasteiger partial charge in [0.15, 0.2) is 0 Å². The molecule has 1 amide bonds.